The smallest absolute Gasteiger partial charge is 0.146 e. The van der Waals surface area contributed by atoms with Crippen molar-refractivity contribution in [1.82, 2.24) is 9.55 Å². The molecule has 4 aromatic rings. The van der Waals surface area contributed by atoms with Gasteiger partial charge in [0, 0.05) is 12.6 Å². The molecule has 0 saturated carbocycles. The highest BCUT2D eigenvalue weighted by atomic mass is 16.5. The van der Waals surface area contributed by atoms with Crippen molar-refractivity contribution in [3.05, 3.63) is 72.8 Å². The Morgan fingerprint density at radius 3 is 2.29 bits per heavy atom. The summed E-state index contributed by atoms with van der Waals surface area (Å²) in [7, 11) is 3.72. The SMILES string of the molecule is COc1cccc2c1nc(-c1cccc(-c3ccccc3)c1)n2C. The summed E-state index contributed by atoms with van der Waals surface area (Å²) < 4.78 is 7.56. The second-order valence-electron chi connectivity index (χ2n) is 5.77. The third-order valence-electron chi connectivity index (χ3n) is 4.32. The van der Waals surface area contributed by atoms with E-state index in [0.29, 0.717) is 0 Å². The molecule has 4 rings (SSSR count). The van der Waals surface area contributed by atoms with Crippen LogP contribution in [0.25, 0.3) is 33.5 Å². The number of aryl methyl sites for hydroxylation is 1. The zero-order valence-electron chi connectivity index (χ0n) is 13.7. The first-order valence-corrected chi connectivity index (χ1v) is 7.93. The molecule has 1 aromatic heterocycles. The predicted molar refractivity (Wildman–Crippen MR) is 98.1 cm³/mol. The zero-order valence-corrected chi connectivity index (χ0v) is 13.7. The third-order valence-corrected chi connectivity index (χ3v) is 4.32. The number of hydrogen-bond donors (Lipinski definition) is 0. The van der Waals surface area contributed by atoms with Crippen LogP contribution in [0.4, 0.5) is 0 Å². The standard InChI is InChI=1S/C21H18N2O/c1-23-18-12-7-13-19(24-2)20(18)22-21(23)17-11-6-10-16(14-17)15-8-4-3-5-9-15/h3-14H,1-2H3. The normalized spacial score (nSPS) is 10.9. The molecule has 0 spiro atoms. The van der Waals surface area contributed by atoms with Crippen LogP contribution in [-0.2, 0) is 7.05 Å². The Labute approximate surface area is 141 Å². The van der Waals surface area contributed by atoms with E-state index in [1.807, 2.05) is 25.2 Å². The fourth-order valence-electron chi connectivity index (χ4n) is 3.08. The van der Waals surface area contributed by atoms with Crippen LogP contribution in [0, 0.1) is 0 Å². The molecule has 3 nitrogen and oxygen atoms in total. The second-order valence-corrected chi connectivity index (χ2v) is 5.77. The van der Waals surface area contributed by atoms with Gasteiger partial charge in [-0.1, -0.05) is 54.6 Å². The summed E-state index contributed by atoms with van der Waals surface area (Å²) in [6.45, 7) is 0. The molecule has 3 aromatic carbocycles. The number of hydrogen-bond acceptors (Lipinski definition) is 2. The van der Waals surface area contributed by atoms with Crippen molar-refractivity contribution < 1.29 is 4.74 Å². The molecule has 0 aliphatic heterocycles. The second kappa shape index (κ2) is 5.85. The summed E-state index contributed by atoms with van der Waals surface area (Å²) in [5, 5.41) is 0. The van der Waals surface area contributed by atoms with Crippen molar-refractivity contribution in [3.8, 4) is 28.3 Å². The van der Waals surface area contributed by atoms with Gasteiger partial charge in [-0.25, -0.2) is 4.98 Å². The summed E-state index contributed by atoms with van der Waals surface area (Å²) in [4.78, 5) is 4.83. The van der Waals surface area contributed by atoms with Crippen molar-refractivity contribution >= 4 is 11.0 Å². The molecule has 0 aliphatic rings. The number of methoxy groups -OCH3 is 1. The van der Waals surface area contributed by atoms with Crippen molar-refractivity contribution in [2.45, 2.75) is 0 Å². The van der Waals surface area contributed by atoms with E-state index in [0.717, 1.165) is 28.2 Å². The zero-order chi connectivity index (χ0) is 16.5. The van der Waals surface area contributed by atoms with Crippen LogP contribution in [0.2, 0.25) is 0 Å². The van der Waals surface area contributed by atoms with E-state index >= 15 is 0 Å². The molecule has 0 bridgehead atoms. The van der Waals surface area contributed by atoms with Gasteiger partial charge in [-0.05, 0) is 29.3 Å². The molecule has 0 amide bonds. The first-order valence-electron chi connectivity index (χ1n) is 7.93. The molecule has 0 radical (unpaired) electrons. The Morgan fingerprint density at radius 1 is 0.792 bits per heavy atom. The van der Waals surface area contributed by atoms with Gasteiger partial charge in [0.25, 0.3) is 0 Å². The van der Waals surface area contributed by atoms with Gasteiger partial charge in [-0.3, -0.25) is 0 Å². The van der Waals surface area contributed by atoms with E-state index in [4.69, 9.17) is 9.72 Å². The number of para-hydroxylation sites is 1. The minimum Gasteiger partial charge on any atom is -0.494 e. The largest absolute Gasteiger partial charge is 0.494 e. The minimum atomic E-state index is 0.800. The fourth-order valence-corrected chi connectivity index (χ4v) is 3.08. The van der Waals surface area contributed by atoms with E-state index in [-0.39, 0.29) is 0 Å². The van der Waals surface area contributed by atoms with Crippen LogP contribution in [-0.4, -0.2) is 16.7 Å². The first-order chi connectivity index (χ1) is 11.8. The summed E-state index contributed by atoms with van der Waals surface area (Å²) in [5.74, 6) is 1.74. The van der Waals surface area contributed by atoms with Gasteiger partial charge < -0.3 is 9.30 Å². The average Bonchev–Trinajstić information content (AvgIpc) is 2.99. The van der Waals surface area contributed by atoms with Gasteiger partial charge in [0.15, 0.2) is 0 Å². The molecular weight excluding hydrogens is 296 g/mol. The fraction of sp³-hybridized carbons (Fsp3) is 0.0952. The van der Waals surface area contributed by atoms with E-state index in [1.54, 1.807) is 7.11 Å². The van der Waals surface area contributed by atoms with E-state index in [2.05, 4.69) is 59.2 Å². The summed E-state index contributed by atoms with van der Waals surface area (Å²) >= 11 is 0. The number of rotatable bonds is 3. The van der Waals surface area contributed by atoms with Gasteiger partial charge in [0.2, 0.25) is 0 Å². The molecule has 0 unspecified atom stereocenters. The Kier molecular flexibility index (Phi) is 3.54. The average molecular weight is 314 g/mol. The van der Waals surface area contributed by atoms with Gasteiger partial charge >= 0.3 is 0 Å². The van der Waals surface area contributed by atoms with Crippen LogP contribution in [0.3, 0.4) is 0 Å². The lowest BCUT2D eigenvalue weighted by atomic mass is 10.0. The van der Waals surface area contributed by atoms with Crippen molar-refractivity contribution in [2.75, 3.05) is 7.11 Å². The highest BCUT2D eigenvalue weighted by Gasteiger charge is 2.13. The van der Waals surface area contributed by atoms with E-state index in [1.165, 1.54) is 11.1 Å². The molecule has 118 valence electrons. The maximum absolute atomic E-state index is 5.45. The van der Waals surface area contributed by atoms with Crippen molar-refractivity contribution in [1.29, 1.82) is 0 Å². The monoisotopic (exact) mass is 314 g/mol. The van der Waals surface area contributed by atoms with Crippen LogP contribution in [0.5, 0.6) is 5.75 Å². The van der Waals surface area contributed by atoms with Crippen LogP contribution in [0.15, 0.2) is 72.8 Å². The molecule has 0 saturated heterocycles. The highest BCUT2D eigenvalue weighted by molar-refractivity contribution is 5.86. The highest BCUT2D eigenvalue weighted by Crippen LogP contribution is 2.31. The number of aromatic nitrogens is 2. The van der Waals surface area contributed by atoms with E-state index < -0.39 is 0 Å². The topological polar surface area (TPSA) is 27.1 Å². The van der Waals surface area contributed by atoms with Crippen molar-refractivity contribution in [3.63, 3.8) is 0 Å². The van der Waals surface area contributed by atoms with Gasteiger partial charge in [0.1, 0.15) is 17.1 Å². The van der Waals surface area contributed by atoms with E-state index in [9.17, 15) is 0 Å². The number of fused-ring (bicyclic) bond motifs is 1. The molecule has 0 atom stereocenters. The van der Waals surface area contributed by atoms with Crippen molar-refractivity contribution in [2.24, 2.45) is 7.05 Å². The van der Waals surface area contributed by atoms with Gasteiger partial charge in [-0.2, -0.15) is 0 Å². The maximum atomic E-state index is 5.45. The molecule has 1 heterocycles. The molecule has 0 fully saturated rings. The predicted octanol–water partition coefficient (Wildman–Crippen LogP) is 4.92. The lowest BCUT2D eigenvalue weighted by molar-refractivity contribution is 0.419. The summed E-state index contributed by atoms with van der Waals surface area (Å²) in [6.07, 6.45) is 0. The molecule has 24 heavy (non-hydrogen) atoms. The Hall–Kier alpha value is -3.07. The molecule has 0 aliphatic carbocycles. The minimum absolute atomic E-state index is 0.800. The number of ether oxygens (including phenoxy) is 1. The Balaban J connectivity index is 1.88. The number of benzene rings is 3. The molecule has 3 heteroatoms. The van der Waals surface area contributed by atoms with Crippen LogP contribution < -0.4 is 4.74 Å². The first kappa shape index (κ1) is 14.5. The van der Waals surface area contributed by atoms with Gasteiger partial charge in [-0.15, -0.1) is 0 Å². The number of imidazole rings is 1. The Bertz CT molecular complexity index is 1000. The quantitative estimate of drug-likeness (QED) is 0.537. The summed E-state index contributed by atoms with van der Waals surface area (Å²) in [6, 6.07) is 24.9. The summed E-state index contributed by atoms with van der Waals surface area (Å²) in [5.41, 5.74) is 5.44. The lowest BCUT2D eigenvalue weighted by Gasteiger charge is -2.06. The number of nitrogens with zero attached hydrogens (tertiary/aromatic N) is 2. The lowest BCUT2D eigenvalue weighted by Crippen LogP contribution is -1.92. The van der Waals surface area contributed by atoms with Gasteiger partial charge in [0.05, 0.1) is 12.6 Å². The third kappa shape index (κ3) is 2.35. The Morgan fingerprint density at radius 2 is 1.50 bits per heavy atom. The maximum Gasteiger partial charge on any atom is 0.146 e. The van der Waals surface area contributed by atoms with Crippen LogP contribution in [0.1, 0.15) is 0 Å². The van der Waals surface area contributed by atoms with Crippen LogP contribution >= 0.6 is 0 Å². The molecule has 0 N–H and O–H groups in total. The molecular formula is C21H18N2O.